The van der Waals surface area contributed by atoms with Crippen LogP contribution < -0.4 is 10.6 Å². The average molecular weight is 518 g/mol. The van der Waals surface area contributed by atoms with Crippen molar-refractivity contribution in [3.63, 3.8) is 0 Å². The van der Waals surface area contributed by atoms with E-state index in [0.717, 1.165) is 56.3 Å². The van der Waals surface area contributed by atoms with Crippen molar-refractivity contribution < 1.29 is 0 Å². The third-order valence-corrected chi connectivity index (χ3v) is 7.29. The fourth-order valence-electron chi connectivity index (χ4n) is 5.28. The Hall–Kier alpha value is -5.29. The van der Waals surface area contributed by atoms with Crippen LogP contribution in [-0.4, -0.2) is 15.8 Å². The van der Waals surface area contributed by atoms with Gasteiger partial charge < -0.3 is 10.6 Å². The molecular formula is C35H27N5. The summed E-state index contributed by atoms with van der Waals surface area (Å²) in [6.45, 7) is 0. The molecule has 2 aromatic heterocycles. The monoisotopic (exact) mass is 517 g/mol. The normalized spacial score (nSPS) is 17.4. The molecule has 2 unspecified atom stereocenters. The Labute approximate surface area is 233 Å². The van der Waals surface area contributed by atoms with Gasteiger partial charge in [-0.1, -0.05) is 66.7 Å². The fourth-order valence-corrected chi connectivity index (χ4v) is 5.28. The predicted octanol–water partition coefficient (Wildman–Crippen LogP) is 7.49. The summed E-state index contributed by atoms with van der Waals surface area (Å²) in [6.07, 6.45) is 11.9. The van der Waals surface area contributed by atoms with Crippen LogP contribution in [0.1, 0.15) is 34.3 Å². The molecule has 0 spiro atoms. The van der Waals surface area contributed by atoms with Crippen molar-refractivity contribution in [1.82, 2.24) is 15.3 Å². The van der Waals surface area contributed by atoms with Crippen LogP contribution in [0.15, 0.2) is 145 Å². The first kappa shape index (κ1) is 23.8. The number of benzene rings is 3. The number of anilines is 1. The van der Waals surface area contributed by atoms with Crippen LogP contribution in [0, 0.1) is 0 Å². The molecule has 0 aliphatic carbocycles. The number of hydrogen-bond acceptors (Lipinski definition) is 5. The number of aliphatic imine (C=N–C) groups is 1. The Balaban J connectivity index is 1.32. The molecule has 2 N–H and O–H groups in total. The van der Waals surface area contributed by atoms with Crippen LogP contribution in [0.2, 0.25) is 0 Å². The minimum Gasteiger partial charge on any atom is -0.381 e. The number of amidine groups is 1. The standard InChI is InChI=1S/C35H27N5/c1-2-13-33-29(9-1)34(25-16-14-24(15-17-25)30-10-3-6-18-36-30)40-35(39-33)28-22-26(31-11-4-7-19-37-31)21-27(23-28)32-12-5-8-20-38-32/h1-23,31,34,37H,(H,39,40). The van der Waals surface area contributed by atoms with E-state index < -0.39 is 0 Å². The molecule has 40 heavy (non-hydrogen) atoms. The molecule has 5 heteroatoms. The molecule has 0 amide bonds. The van der Waals surface area contributed by atoms with Gasteiger partial charge in [0.25, 0.3) is 0 Å². The van der Waals surface area contributed by atoms with E-state index in [1.54, 1.807) is 0 Å². The zero-order valence-corrected chi connectivity index (χ0v) is 21.8. The number of nitrogens with one attached hydrogen (secondary N) is 2. The van der Waals surface area contributed by atoms with Crippen molar-refractivity contribution in [2.75, 3.05) is 5.32 Å². The van der Waals surface area contributed by atoms with Gasteiger partial charge in [0, 0.05) is 40.3 Å². The first-order valence-corrected chi connectivity index (χ1v) is 13.4. The van der Waals surface area contributed by atoms with Crippen LogP contribution >= 0.6 is 0 Å². The quantitative estimate of drug-likeness (QED) is 0.254. The van der Waals surface area contributed by atoms with E-state index in [4.69, 9.17) is 4.99 Å². The van der Waals surface area contributed by atoms with E-state index in [9.17, 15) is 0 Å². The lowest BCUT2D eigenvalue weighted by atomic mass is 9.93. The fraction of sp³-hybridized carbons (Fsp3) is 0.0571. The smallest absolute Gasteiger partial charge is 0.133 e. The summed E-state index contributed by atoms with van der Waals surface area (Å²) >= 11 is 0. The van der Waals surface area contributed by atoms with Gasteiger partial charge in [-0.15, -0.1) is 0 Å². The molecule has 2 atom stereocenters. The van der Waals surface area contributed by atoms with Crippen LogP contribution in [0.3, 0.4) is 0 Å². The number of allylic oxidation sites excluding steroid dienone is 2. The lowest BCUT2D eigenvalue weighted by Gasteiger charge is -2.27. The number of aromatic nitrogens is 2. The summed E-state index contributed by atoms with van der Waals surface area (Å²) in [5.74, 6) is 0.840. The first-order valence-electron chi connectivity index (χ1n) is 13.4. The van der Waals surface area contributed by atoms with Crippen molar-refractivity contribution in [2.24, 2.45) is 4.99 Å². The second kappa shape index (κ2) is 10.5. The number of dihydropyridines is 1. The van der Waals surface area contributed by atoms with E-state index in [-0.39, 0.29) is 12.1 Å². The largest absolute Gasteiger partial charge is 0.381 e. The van der Waals surface area contributed by atoms with E-state index in [1.165, 1.54) is 0 Å². The number of para-hydroxylation sites is 1. The maximum Gasteiger partial charge on any atom is 0.133 e. The highest BCUT2D eigenvalue weighted by Crippen LogP contribution is 2.37. The second-order valence-corrected chi connectivity index (χ2v) is 9.88. The van der Waals surface area contributed by atoms with E-state index in [0.29, 0.717) is 0 Å². The van der Waals surface area contributed by atoms with E-state index >= 15 is 0 Å². The van der Waals surface area contributed by atoms with Gasteiger partial charge in [-0.25, -0.2) is 0 Å². The van der Waals surface area contributed by atoms with Gasteiger partial charge in [0.15, 0.2) is 0 Å². The van der Waals surface area contributed by atoms with Crippen molar-refractivity contribution in [3.05, 3.63) is 162 Å². The lowest BCUT2D eigenvalue weighted by molar-refractivity contribution is 0.746. The molecule has 0 bridgehead atoms. The summed E-state index contributed by atoms with van der Waals surface area (Å²) in [4.78, 5) is 14.4. The molecule has 4 heterocycles. The molecule has 2 aliphatic heterocycles. The molecule has 2 aliphatic rings. The van der Waals surface area contributed by atoms with Gasteiger partial charge in [0.1, 0.15) is 11.9 Å². The Morgan fingerprint density at radius 3 is 2.05 bits per heavy atom. The van der Waals surface area contributed by atoms with Crippen LogP contribution in [0.5, 0.6) is 0 Å². The molecule has 7 rings (SSSR count). The molecule has 192 valence electrons. The minimum absolute atomic E-state index is 0.0684. The predicted molar refractivity (Wildman–Crippen MR) is 162 cm³/mol. The maximum absolute atomic E-state index is 5.30. The molecule has 5 nitrogen and oxygen atoms in total. The Kier molecular flexibility index (Phi) is 6.23. The van der Waals surface area contributed by atoms with Gasteiger partial charge in [-0.05, 0) is 71.9 Å². The maximum atomic E-state index is 5.30. The van der Waals surface area contributed by atoms with Crippen molar-refractivity contribution >= 4 is 11.5 Å². The van der Waals surface area contributed by atoms with Crippen molar-refractivity contribution in [2.45, 2.75) is 12.1 Å². The summed E-state index contributed by atoms with van der Waals surface area (Å²) < 4.78 is 0. The molecule has 5 aromatic rings. The first-order chi connectivity index (χ1) is 19.8. The van der Waals surface area contributed by atoms with Crippen LogP contribution in [0.25, 0.3) is 22.5 Å². The number of rotatable bonds is 5. The van der Waals surface area contributed by atoms with Crippen molar-refractivity contribution in [1.29, 1.82) is 0 Å². The molecule has 0 fully saturated rings. The van der Waals surface area contributed by atoms with Crippen LogP contribution in [-0.2, 0) is 0 Å². The van der Waals surface area contributed by atoms with Gasteiger partial charge in [-0.2, -0.15) is 0 Å². The summed E-state index contributed by atoms with van der Waals surface area (Å²) in [6, 6.07) is 35.5. The van der Waals surface area contributed by atoms with Crippen molar-refractivity contribution in [3.8, 4) is 22.5 Å². The summed E-state index contributed by atoms with van der Waals surface area (Å²) in [5.41, 5.74) is 9.56. The molecular weight excluding hydrogens is 490 g/mol. The lowest BCUT2D eigenvalue weighted by Crippen LogP contribution is -2.23. The number of nitrogens with zero attached hydrogens (tertiary/aromatic N) is 3. The topological polar surface area (TPSA) is 62.2 Å². The number of pyridine rings is 2. The molecule has 0 saturated heterocycles. The average Bonchev–Trinajstić information content (AvgIpc) is 3.05. The van der Waals surface area contributed by atoms with E-state index in [1.807, 2.05) is 61.1 Å². The Morgan fingerprint density at radius 1 is 0.600 bits per heavy atom. The second-order valence-electron chi connectivity index (χ2n) is 9.88. The van der Waals surface area contributed by atoms with E-state index in [2.05, 4.69) is 99.5 Å². The third kappa shape index (κ3) is 4.69. The van der Waals surface area contributed by atoms with Gasteiger partial charge in [0.05, 0.1) is 17.4 Å². The summed E-state index contributed by atoms with van der Waals surface area (Å²) in [7, 11) is 0. The Bertz CT molecular complexity index is 1740. The summed E-state index contributed by atoms with van der Waals surface area (Å²) in [5, 5.41) is 7.09. The third-order valence-electron chi connectivity index (χ3n) is 7.29. The molecule has 0 radical (unpaired) electrons. The van der Waals surface area contributed by atoms with Crippen LogP contribution in [0.4, 0.5) is 5.69 Å². The van der Waals surface area contributed by atoms with Gasteiger partial charge >= 0.3 is 0 Å². The molecule has 0 saturated carbocycles. The minimum atomic E-state index is -0.136. The Morgan fingerprint density at radius 2 is 1.32 bits per heavy atom. The highest BCUT2D eigenvalue weighted by atomic mass is 15.0. The highest BCUT2D eigenvalue weighted by Gasteiger charge is 2.24. The molecule has 3 aromatic carbocycles. The van der Waals surface area contributed by atoms with Gasteiger partial charge in [0.2, 0.25) is 0 Å². The zero-order valence-electron chi connectivity index (χ0n) is 21.8. The SMILES string of the molecule is C1=CNC(c2cc(C3=NC(c4ccc(-c5ccccn5)cc4)c4ccccc4N3)cc(-c3ccccn3)c2)C=C1. The van der Waals surface area contributed by atoms with Gasteiger partial charge in [-0.3, -0.25) is 15.0 Å². The highest BCUT2D eigenvalue weighted by molar-refractivity contribution is 6.10. The number of hydrogen-bond donors (Lipinski definition) is 2. The zero-order chi connectivity index (χ0) is 26.7. The number of fused-ring (bicyclic) bond motifs is 1.